The largest absolute Gasteiger partial charge is 0.344 e. The van der Waals surface area contributed by atoms with Crippen LogP contribution in [0, 0.1) is 5.92 Å². The first kappa shape index (κ1) is 21.2. The summed E-state index contributed by atoms with van der Waals surface area (Å²) in [5, 5.41) is 3.27. The molecule has 6 heteroatoms. The molecule has 1 amide bonds. The van der Waals surface area contributed by atoms with E-state index in [0.717, 1.165) is 32.1 Å². The number of hydrogen-bond acceptors (Lipinski definition) is 4. The zero-order chi connectivity index (χ0) is 20.8. The Hall–Kier alpha value is -2.47. The molecule has 0 unspecified atom stereocenters. The van der Waals surface area contributed by atoms with Crippen molar-refractivity contribution in [3.8, 4) is 0 Å². The number of nitrogens with one attached hydrogen (secondary N) is 2. The second-order valence-electron chi connectivity index (χ2n) is 8.57. The molecule has 0 spiro atoms. The van der Waals surface area contributed by atoms with Gasteiger partial charge in [0.15, 0.2) is 6.54 Å². The van der Waals surface area contributed by atoms with Gasteiger partial charge in [-0.1, -0.05) is 52.0 Å². The summed E-state index contributed by atoms with van der Waals surface area (Å²) in [7, 11) is 0. The highest BCUT2D eigenvalue weighted by molar-refractivity contribution is 5.77. The summed E-state index contributed by atoms with van der Waals surface area (Å²) in [4.78, 5) is 24.9. The predicted molar refractivity (Wildman–Crippen MR) is 116 cm³/mol. The van der Waals surface area contributed by atoms with Gasteiger partial charge in [0, 0.05) is 12.4 Å². The van der Waals surface area contributed by atoms with E-state index < -0.39 is 0 Å². The summed E-state index contributed by atoms with van der Waals surface area (Å²) in [5.41, 5.74) is 2.51. The van der Waals surface area contributed by atoms with Crippen LogP contribution in [0.15, 0.2) is 42.7 Å². The fourth-order valence-corrected chi connectivity index (χ4v) is 3.83. The molecule has 1 aromatic carbocycles. The second-order valence-corrected chi connectivity index (χ2v) is 8.57. The monoisotopic (exact) mass is 396 g/mol. The zero-order valence-corrected chi connectivity index (χ0v) is 18.1. The van der Waals surface area contributed by atoms with Crippen molar-refractivity contribution < 1.29 is 9.69 Å². The Labute approximate surface area is 174 Å². The topological polar surface area (TPSA) is 62.6 Å². The SMILES string of the molecule is CC(C)c1ccc([C@H](NC(=O)C[NH+]2CCN(c3ncccn3)CC2)C(C)C)cc1. The normalized spacial score (nSPS) is 16.3. The number of carbonyl (C=O) groups excluding carboxylic acids is 1. The molecule has 1 aliphatic rings. The van der Waals surface area contributed by atoms with E-state index in [1.807, 2.05) is 6.07 Å². The van der Waals surface area contributed by atoms with Crippen molar-refractivity contribution >= 4 is 11.9 Å². The van der Waals surface area contributed by atoms with Crippen LogP contribution in [0.25, 0.3) is 0 Å². The average Bonchev–Trinajstić information content (AvgIpc) is 2.73. The Bertz CT molecular complexity index is 768. The van der Waals surface area contributed by atoms with Crippen LogP contribution in [0.1, 0.15) is 50.8 Å². The van der Waals surface area contributed by atoms with Crippen molar-refractivity contribution in [1.29, 1.82) is 0 Å². The van der Waals surface area contributed by atoms with E-state index in [-0.39, 0.29) is 11.9 Å². The molecule has 1 fully saturated rings. The smallest absolute Gasteiger partial charge is 0.275 e. The van der Waals surface area contributed by atoms with Gasteiger partial charge in [-0.2, -0.15) is 0 Å². The van der Waals surface area contributed by atoms with Gasteiger partial charge in [0.05, 0.1) is 32.2 Å². The standard InChI is InChI=1S/C23H33N5O/c1-17(2)19-6-8-20(9-7-19)22(18(3)4)26-21(29)16-27-12-14-28(15-13-27)23-24-10-5-11-25-23/h5-11,17-18,22H,12-16H2,1-4H3,(H,26,29)/p+1/t22-/m1/s1. The van der Waals surface area contributed by atoms with Crippen molar-refractivity contribution in [3.05, 3.63) is 53.9 Å². The number of piperazine rings is 1. The summed E-state index contributed by atoms with van der Waals surface area (Å²) in [6.45, 7) is 12.8. The van der Waals surface area contributed by atoms with Gasteiger partial charge < -0.3 is 15.1 Å². The molecule has 1 aliphatic heterocycles. The molecule has 2 aromatic rings. The lowest BCUT2D eigenvalue weighted by Gasteiger charge is -2.32. The Kier molecular flexibility index (Phi) is 7.20. The van der Waals surface area contributed by atoms with Crippen molar-refractivity contribution in [3.63, 3.8) is 0 Å². The molecule has 29 heavy (non-hydrogen) atoms. The van der Waals surface area contributed by atoms with E-state index in [4.69, 9.17) is 0 Å². The highest BCUT2D eigenvalue weighted by Gasteiger charge is 2.25. The molecule has 1 aromatic heterocycles. The zero-order valence-electron chi connectivity index (χ0n) is 18.1. The highest BCUT2D eigenvalue weighted by atomic mass is 16.2. The Balaban J connectivity index is 1.53. The minimum atomic E-state index is 0.0436. The van der Waals surface area contributed by atoms with E-state index in [1.165, 1.54) is 16.0 Å². The van der Waals surface area contributed by atoms with E-state index in [2.05, 4.69) is 72.1 Å². The van der Waals surface area contributed by atoms with Crippen molar-refractivity contribution in [2.45, 2.75) is 39.7 Å². The van der Waals surface area contributed by atoms with Crippen LogP contribution in [-0.2, 0) is 4.79 Å². The molecule has 2 heterocycles. The van der Waals surface area contributed by atoms with E-state index in [9.17, 15) is 4.79 Å². The summed E-state index contributed by atoms with van der Waals surface area (Å²) in [5.74, 6) is 1.75. The second kappa shape index (κ2) is 9.83. The van der Waals surface area contributed by atoms with Crippen LogP contribution in [0.4, 0.5) is 5.95 Å². The maximum Gasteiger partial charge on any atom is 0.275 e. The lowest BCUT2D eigenvalue weighted by molar-refractivity contribution is -0.892. The number of benzene rings is 1. The summed E-state index contributed by atoms with van der Waals surface area (Å²) >= 11 is 0. The van der Waals surface area contributed by atoms with Crippen LogP contribution in [0.3, 0.4) is 0 Å². The van der Waals surface area contributed by atoms with Gasteiger partial charge in [-0.25, -0.2) is 9.97 Å². The summed E-state index contributed by atoms with van der Waals surface area (Å²) in [6, 6.07) is 10.5. The molecular formula is C23H34N5O+. The number of hydrogen-bond donors (Lipinski definition) is 2. The minimum Gasteiger partial charge on any atom is -0.344 e. The van der Waals surface area contributed by atoms with Crippen LogP contribution in [-0.4, -0.2) is 48.6 Å². The quantitative estimate of drug-likeness (QED) is 0.749. The van der Waals surface area contributed by atoms with Gasteiger partial charge in [0.1, 0.15) is 0 Å². The molecule has 156 valence electrons. The molecular weight excluding hydrogens is 362 g/mol. The molecule has 3 rings (SSSR count). The number of carbonyl (C=O) groups is 1. The molecule has 0 aliphatic carbocycles. The summed E-state index contributed by atoms with van der Waals surface area (Å²) < 4.78 is 0. The molecule has 1 atom stereocenters. The molecule has 1 saturated heterocycles. The van der Waals surface area contributed by atoms with Crippen molar-refractivity contribution in [2.75, 3.05) is 37.6 Å². The fourth-order valence-electron chi connectivity index (χ4n) is 3.83. The van der Waals surface area contributed by atoms with Gasteiger partial charge in [-0.3, -0.25) is 4.79 Å². The van der Waals surface area contributed by atoms with Gasteiger partial charge in [0.25, 0.3) is 5.91 Å². The third kappa shape index (κ3) is 5.76. The van der Waals surface area contributed by atoms with Crippen LogP contribution in [0.5, 0.6) is 0 Å². The lowest BCUT2D eigenvalue weighted by Crippen LogP contribution is -3.16. The first-order valence-corrected chi connectivity index (χ1v) is 10.7. The molecule has 0 bridgehead atoms. The van der Waals surface area contributed by atoms with Crippen molar-refractivity contribution in [1.82, 2.24) is 15.3 Å². The number of amides is 1. The van der Waals surface area contributed by atoms with Crippen LogP contribution >= 0.6 is 0 Å². The Morgan fingerprint density at radius 1 is 1.03 bits per heavy atom. The van der Waals surface area contributed by atoms with E-state index in [0.29, 0.717) is 18.4 Å². The average molecular weight is 397 g/mol. The number of quaternary nitrogens is 1. The Morgan fingerprint density at radius 2 is 1.62 bits per heavy atom. The van der Waals surface area contributed by atoms with E-state index >= 15 is 0 Å². The lowest BCUT2D eigenvalue weighted by atomic mass is 9.93. The maximum atomic E-state index is 12.8. The summed E-state index contributed by atoms with van der Waals surface area (Å²) in [6.07, 6.45) is 3.55. The van der Waals surface area contributed by atoms with Crippen LogP contribution in [0.2, 0.25) is 0 Å². The van der Waals surface area contributed by atoms with Crippen molar-refractivity contribution in [2.24, 2.45) is 5.92 Å². The predicted octanol–water partition coefficient (Wildman–Crippen LogP) is 1.82. The first-order chi connectivity index (χ1) is 13.9. The number of nitrogens with zero attached hydrogens (tertiary/aromatic N) is 3. The molecule has 6 nitrogen and oxygen atoms in total. The molecule has 0 radical (unpaired) electrons. The van der Waals surface area contributed by atoms with Gasteiger partial charge in [0.2, 0.25) is 5.95 Å². The highest BCUT2D eigenvalue weighted by Crippen LogP contribution is 2.24. The minimum absolute atomic E-state index is 0.0436. The van der Waals surface area contributed by atoms with Gasteiger partial charge in [-0.05, 0) is 29.0 Å². The third-order valence-corrected chi connectivity index (χ3v) is 5.66. The van der Waals surface area contributed by atoms with E-state index in [1.54, 1.807) is 12.4 Å². The number of rotatable bonds is 7. The molecule has 0 saturated carbocycles. The fraction of sp³-hybridized carbons (Fsp3) is 0.522. The maximum absolute atomic E-state index is 12.8. The van der Waals surface area contributed by atoms with Gasteiger partial charge >= 0.3 is 0 Å². The van der Waals surface area contributed by atoms with Crippen LogP contribution < -0.4 is 15.1 Å². The first-order valence-electron chi connectivity index (χ1n) is 10.7. The van der Waals surface area contributed by atoms with Gasteiger partial charge in [-0.15, -0.1) is 0 Å². The molecule has 2 N–H and O–H groups in total. The number of anilines is 1. The Morgan fingerprint density at radius 3 is 2.17 bits per heavy atom. The third-order valence-electron chi connectivity index (χ3n) is 5.66. The number of aromatic nitrogens is 2.